The smallest absolute Gasteiger partial charge is 0.0623 e. The Kier molecular flexibility index (Phi) is 4.90. The Bertz CT molecular complexity index is 150. The van der Waals surface area contributed by atoms with Crippen molar-refractivity contribution in [2.45, 2.75) is 52.1 Å². The summed E-state index contributed by atoms with van der Waals surface area (Å²) < 4.78 is 5.81. The molecule has 1 heterocycles. The molecule has 0 spiro atoms. The van der Waals surface area contributed by atoms with Crippen LogP contribution in [0.25, 0.3) is 0 Å². The van der Waals surface area contributed by atoms with Crippen LogP contribution < -0.4 is 0 Å². The minimum atomic E-state index is 0.0744. The molecule has 0 aromatic heterocycles. The molecule has 1 saturated heterocycles. The van der Waals surface area contributed by atoms with E-state index < -0.39 is 0 Å². The molecule has 0 atom stereocenters. The van der Waals surface area contributed by atoms with E-state index in [0.29, 0.717) is 0 Å². The van der Waals surface area contributed by atoms with Crippen LogP contribution in [0.2, 0.25) is 0 Å². The molecule has 0 radical (unpaired) electrons. The van der Waals surface area contributed by atoms with Crippen LogP contribution in [-0.4, -0.2) is 36.7 Å². The highest BCUT2D eigenvalue weighted by atomic mass is 16.5. The summed E-state index contributed by atoms with van der Waals surface area (Å²) in [6.07, 6.45) is 5.06. The van der Waals surface area contributed by atoms with Crippen molar-refractivity contribution in [1.82, 2.24) is 4.90 Å². The van der Waals surface area contributed by atoms with E-state index in [-0.39, 0.29) is 5.60 Å². The van der Waals surface area contributed by atoms with Gasteiger partial charge in [0.1, 0.15) is 0 Å². The highest BCUT2D eigenvalue weighted by Gasteiger charge is 2.15. The van der Waals surface area contributed by atoms with Gasteiger partial charge in [0.15, 0.2) is 0 Å². The number of hydrogen-bond acceptors (Lipinski definition) is 2. The Labute approximate surface area is 88.6 Å². The van der Waals surface area contributed by atoms with E-state index in [1.54, 1.807) is 0 Å². The number of nitrogens with zero attached hydrogens (tertiary/aromatic N) is 1. The fraction of sp³-hybridized carbons (Fsp3) is 1.00. The number of hydrogen-bond donors (Lipinski definition) is 0. The zero-order valence-electron chi connectivity index (χ0n) is 10.0. The Hall–Kier alpha value is -0.0800. The predicted octanol–water partition coefficient (Wildman–Crippen LogP) is 2.68. The first-order valence-corrected chi connectivity index (χ1v) is 6.00. The summed E-state index contributed by atoms with van der Waals surface area (Å²) in [5, 5.41) is 0. The van der Waals surface area contributed by atoms with Crippen LogP contribution >= 0.6 is 0 Å². The first kappa shape index (κ1) is 12.0. The summed E-state index contributed by atoms with van der Waals surface area (Å²) in [5.41, 5.74) is 0.0744. The molecule has 0 bridgehead atoms. The van der Waals surface area contributed by atoms with E-state index >= 15 is 0 Å². The van der Waals surface area contributed by atoms with Gasteiger partial charge < -0.3 is 9.64 Å². The van der Waals surface area contributed by atoms with Crippen LogP contribution in [-0.2, 0) is 4.74 Å². The topological polar surface area (TPSA) is 12.5 Å². The van der Waals surface area contributed by atoms with Crippen LogP contribution in [0, 0.1) is 0 Å². The summed E-state index contributed by atoms with van der Waals surface area (Å²) in [4.78, 5) is 2.54. The monoisotopic (exact) mass is 199 g/mol. The van der Waals surface area contributed by atoms with Crippen LogP contribution in [0.1, 0.15) is 46.5 Å². The van der Waals surface area contributed by atoms with Gasteiger partial charge in [-0.25, -0.2) is 0 Å². The average molecular weight is 199 g/mol. The van der Waals surface area contributed by atoms with Gasteiger partial charge in [0.05, 0.1) is 5.60 Å². The van der Waals surface area contributed by atoms with Gasteiger partial charge in [-0.3, -0.25) is 0 Å². The second-order valence-corrected chi connectivity index (χ2v) is 4.86. The largest absolute Gasteiger partial charge is 0.376 e. The van der Waals surface area contributed by atoms with E-state index in [1.165, 1.54) is 38.9 Å². The molecule has 0 unspecified atom stereocenters. The minimum absolute atomic E-state index is 0.0744. The standard InChI is InChI=1S/C12H25NO/c1-4-12(2,3)14-11-7-10-13-8-5-6-9-13/h4-11H2,1-3H3. The maximum atomic E-state index is 5.81. The molecule has 0 amide bonds. The third-order valence-electron chi connectivity index (χ3n) is 3.16. The summed E-state index contributed by atoms with van der Waals surface area (Å²) >= 11 is 0. The third kappa shape index (κ3) is 4.43. The fourth-order valence-electron chi connectivity index (χ4n) is 1.74. The zero-order chi connectivity index (χ0) is 10.4. The molecule has 0 aromatic carbocycles. The Morgan fingerprint density at radius 3 is 2.43 bits per heavy atom. The van der Waals surface area contributed by atoms with Crippen molar-refractivity contribution in [1.29, 1.82) is 0 Å². The first-order valence-electron chi connectivity index (χ1n) is 6.00. The summed E-state index contributed by atoms with van der Waals surface area (Å²) in [7, 11) is 0. The molecule has 84 valence electrons. The van der Waals surface area contributed by atoms with Crippen molar-refractivity contribution < 1.29 is 4.74 Å². The summed E-state index contributed by atoms with van der Waals surface area (Å²) in [6, 6.07) is 0. The predicted molar refractivity (Wildman–Crippen MR) is 60.6 cm³/mol. The maximum absolute atomic E-state index is 5.81. The molecule has 0 N–H and O–H groups in total. The van der Waals surface area contributed by atoms with Crippen molar-refractivity contribution in [3.8, 4) is 0 Å². The highest BCUT2D eigenvalue weighted by Crippen LogP contribution is 2.14. The van der Waals surface area contributed by atoms with Gasteiger partial charge in [0, 0.05) is 13.2 Å². The van der Waals surface area contributed by atoms with E-state index in [0.717, 1.165) is 13.0 Å². The zero-order valence-corrected chi connectivity index (χ0v) is 10.0. The van der Waals surface area contributed by atoms with Crippen LogP contribution in [0.5, 0.6) is 0 Å². The molecule has 2 heteroatoms. The molecule has 2 nitrogen and oxygen atoms in total. The van der Waals surface area contributed by atoms with Gasteiger partial charge in [-0.1, -0.05) is 6.92 Å². The lowest BCUT2D eigenvalue weighted by Gasteiger charge is -2.24. The van der Waals surface area contributed by atoms with Gasteiger partial charge in [-0.15, -0.1) is 0 Å². The molecule has 0 aliphatic carbocycles. The number of rotatable bonds is 6. The minimum Gasteiger partial charge on any atom is -0.376 e. The molecular weight excluding hydrogens is 174 g/mol. The van der Waals surface area contributed by atoms with Crippen molar-refractivity contribution in [2.24, 2.45) is 0 Å². The molecule has 1 fully saturated rings. The normalized spacial score (nSPS) is 19.1. The van der Waals surface area contributed by atoms with Crippen molar-refractivity contribution in [2.75, 3.05) is 26.2 Å². The molecule has 1 aliphatic rings. The molecule has 1 aliphatic heterocycles. The van der Waals surface area contributed by atoms with Crippen molar-refractivity contribution in [3.05, 3.63) is 0 Å². The molecule has 0 aromatic rings. The maximum Gasteiger partial charge on any atom is 0.0623 e. The lowest BCUT2D eigenvalue weighted by molar-refractivity contribution is -0.0230. The highest BCUT2D eigenvalue weighted by molar-refractivity contribution is 4.67. The summed E-state index contributed by atoms with van der Waals surface area (Å²) in [6.45, 7) is 11.3. The van der Waals surface area contributed by atoms with E-state index in [2.05, 4.69) is 25.7 Å². The molecule has 14 heavy (non-hydrogen) atoms. The first-order chi connectivity index (χ1) is 6.64. The van der Waals surface area contributed by atoms with Gasteiger partial charge in [0.2, 0.25) is 0 Å². The van der Waals surface area contributed by atoms with Gasteiger partial charge in [-0.2, -0.15) is 0 Å². The molecule has 1 rings (SSSR count). The van der Waals surface area contributed by atoms with Crippen molar-refractivity contribution >= 4 is 0 Å². The second kappa shape index (κ2) is 5.72. The lowest BCUT2D eigenvalue weighted by Crippen LogP contribution is -2.26. The molecule has 0 saturated carbocycles. The van der Waals surface area contributed by atoms with Gasteiger partial charge in [0.25, 0.3) is 0 Å². The van der Waals surface area contributed by atoms with Crippen LogP contribution in [0.4, 0.5) is 0 Å². The Morgan fingerprint density at radius 1 is 1.21 bits per heavy atom. The van der Waals surface area contributed by atoms with E-state index in [9.17, 15) is 0 Å². The number of likely N-dealkylation sites (tertiary alicyclic amines) is 1. The van der Waals surface area contributed by atoms with Gasteiger partial charge >= 0.3 is 0 Å². The Balaban J connectivity index is 1.98. The fourth-order valence-corrected chi connectivity index (χ4v) is 1.74. The number of ether oxygens (including phenoxy) is 1. The van der Waals surface area contributed by atoms with Crippen molar-refractivity contribution in [3.63, 3.8) is 0 Å². The van der Waals surface area contributed by atoms with E-state index in [1.807, 2.05) is 0 Å². The average Bonchev–Trinajstić information content (AvgIpc) is 2.65. The quantitative estimate of drug-likeness (QED) is 0.610. The van der Waals surface area contributed by atoms with Crippen LogP contribution in [0.15, 0.2) is 0 Å². The Morgan fingerprint density at radius 2 is 1.86 bits per heavy atom. The second-order valence-electron chi connectivity index (χ2n) is 4.86. The van der Waals surface area contributed by atoms with Crippen LogP contribution in [0.3, 0.4) is 0 Å². The molecular formula is C12H25NO. The lowest BCUT2D eigenvalue weighted by atomic mass is 10.1. The summed E-state index contributed by atoms with van der Waals surface area (Å²) in [5.74, 6) is 0. The SMILES string of the molecule is CCC(C)(C)OCCCN1CCCC1. The third-order valence-corrected chi connectivity index (χ3v) is 3.16. The van der Waals surface area contributed by atoms with E-state index in [4.69, 9.17) is 4.74 Å². The van der Waals surface area contributed by atoms with Gasteiger partial charge in [-0.05, 0) is 52.6 Å².